The number of halogens is 3. The van der Waals surface area contributed by atoms with Crippen molar-refractivity contribution >= 4 is 50.8 Å². The Balaban J connectivity index is 0.000000941. The van der Waals surface area contributed by atoms with Gasteiger partial charge in [0, 0.05) is 34.3 Å². The van der Waals surface area contributed by atoms with Crippen molar-refractivity contribution in [3.63, 3.8) is 0 Å². The second-order valence-corrected chi connectivity index (χ2v) is 7.76. The molecule has 0 fully saturated rings. The number of hydrogen-bond acceptors (Lipinski definition) is 5. The summed E-state index contributed by atoms with van der Waals surface area (Å²) in [5.74, 6) is 0.0459. The summed E-state index contributed by atoms with van der Waals surface area (Å²) in [6, 6.07) is 9.45. The van der Waals surface area contributed by atoms with Crippen molar-refractivity contribution in [3.8, 4) is 11.3 Å². The lowest BCUT2D eigenvalue weighted by Gasteiger charge is -2.22. The van der Waals surface area contributed by atoms with Gasteiger partial charge in [-0.1, -0.05) is 11.9 Å². The molecule has 3 aromatic rings. The highest BCUT2D eigenvalue weighted by Crippen LogP contribution is 2.39. The van der Waals surface area contributed by atoms with Gasteiger partial charge in [-0.05, 0) is 66.8 Å². The van der Waals surface area contributed by atoms with Gasteiger partial charge in [-0.2, -0.15) is 0 Å². The summed E-state index contributed by atoms with van der Waals surface area (Å²) in [5.41, 5.74) is 2.43. The third kappa shape index (κ3) is 5.58. The minimum Gasteiger partial charge on any atom is -0.455 e. The van der Waals surface area contributed by atoms with Crippen LogP contribution in [0.5, 0.6) is 0 Å². The van der Waals surface area contributed by atoms with Crippen molar-refractivity contribution in [1.29, 1.82) is 0 Å². The van der Waals surface area contributed by atoms with Crippen molar-refractivity contribution in [2.24, 2.45) is 0 Å². The maximum atomic E-state index is 13.2. The van der Waals surface area contributed by atoms with Gasteiger partial charge in [0.1, 0.15) is 17.2 Å². The number of rotatable bonds is 7. The summed E-state index contributed by atoms with van der Waals surface area (Å²) in [5, 5.41) is 3.42. The molecule has 0 atom stereocenters. The predicted octanol–water partition coefficient (Wildman–Crippen LogP) is 6.09. The zero-order chi connectivity index (χ0) is 21.4. The van der Waals surface area contributed by atoms with E-state index in [1.165, 1.54) is 24.1 Å². The first-order chi connectivity index (χ1) is 14.0. The second-order valence-electron chi connectivity index (χ2n) is 6.10. The van der Waals surface area contributed by atoms with E-state index in [9.17, 15) is 13.6 Å². The Hall–Kier alpha value is -1.90. The number of hydrogen-bond donors (Lipinski definition) is 1. The van der Waals surface area contributed by atoms with Crippen molar-refractivity contribution < 1.29 is 18.0 Å². The SMILES string of the molecule is CNC.CSN(CCCF)c1cc2oc(-c3ccc(F)cc3)c(C=O)c2cc1Br. The van der Waals surface area contributed by atoms with Crippen LogP contribution in [-0.4, -0.2) is 39.9 Å². The molecular formula is C21H23BrF2N2O2S. The van der Waals surface area contributed by atoms with Crippen molar-refractivity contribution in [3.05, 3.63) is 52.3 Å². The maximum Gasteiger partial charge on any atom is 0.154 e. The molecule has 1 heterocycles. The molecule has 0 unspecified atom stereocenters. The summed E-state index contributed by atoms with van der Waals surface area (Å²) in [4.78, 5) is 11.7. The average Bonchev–Trinajstić information content (AvgIpc) is 3.07. The topological polar surface area (TPSA) is 45.5 Å². The number of carbonyl (C=O) groups is 1. The van der Waals surface area contributed by atoms with Crippen LogP contribution in [0.4, 0.5) is 14.5 Å². The lowest BCUT2D eigenvalue weighted by molar-refractivity contribution is 0.112. The van der Waals surface area contributed by atoms with Gasteiger partial charge < -0.3 is 14.0 Å². The number of nitrogens with zero attached hydrogens (tertiary/aromatic N) is 1. The van der Waals surface area contributed by atoms with Crippen LogP contribution in [0.3, 0.4) is 0 Å². The Kier molecular flexibility index (Phi) is 9.13. The molecule has 3 rings (SSSR count). The van der Waals surface area contributed by atoms with Crippen LogP contribution in [0.15, 0.2) is 45.3 Å². The fraction of sp³-hybridized carbons (Fsp3) is 0.286. The molecule has 4 nitrogen and oxygen atoms in total. The van der Waals surface area contributed by atoms with Gasteiger partial charge in [-0.3, -0.25) is 9.18 Å². The molecule has 0 saturated heterocycles. The molecule has 156 valence electrons. The van der Waals surface area contributed by atoms with Gasteiger partial charge in [0.2, 0.25) is 0 Å². The quantitative estimate of drug-likeness (QED) is 0.324. The van der Waals surface area contributed by atoms with Crippen LogP contribution in [0, 0.1) is 5.82 Å². The zero-order valence-electron chi connectivity index (χ0n) is 16.5. The average molecular weight is 485 g/mol. The molecule has 1 N–H and O–H groups in total. The van der Waals surface area contributed by atoms with Crippen molar-refractivity contribution in [1.82, 2.24) is 5.32 Å². The van der Waals surface area contributed by atoms with Crippen molar-refractivity contribution in [2.75, 3.05) is 37.9 Å². The number of carbonyl (C=O) groups excluding carboxylic acids is 1. The third-order valence-electron chi connectivity index (χ3n) is 4.00. The molecule has 0 amide bonds. The summed E-state index contributed by atoms with van der Waals surface area (Å²) in [7, 11) is 3.75. The monoisotopic (exact) mass is 484 g/mol. The smallest absolute Gasteiger partial charge is 0.154 e. The minimum atomic E-state index is -0.387. The molecule has 0 saturated carbocycles. The van der Waals surface area contributed by atoms with E-state index < -0.39 is 0 Å². The van der Waals surface area contributed by atoms with Gasteiger partial charge in [0.05, 0.1) is 17.9 Å². The van der Waals surface area contributed by atoms with E-state index in [1.54, 1.807) is 12.1 Å². The number of nitrogens with one attached hydrogen (secondary N) is 1. The molecule has 29 heavy (non-hydrogen) atoms. The van der Waals surface area contributed by atoms with Crippen molar-refractivity contribution in [2.45, 2.75) is 6.42 Å². The molecule has 0 spiro atoms. The number of anilines is 1. The largest absolute Gasteiger partial charge is 0.455 e. The molecule has 8 heteroatoms. The fourth-order valence-corrected chi connectivity index (χ4v) is 4.10. The lowest BCUT2D eigenvalue weighted by atomic mass is 10.1. The summed E-state index contributed by atoms with van der Waals surface area (Å²) in [6.45, 7) is 0.162. The van der Waals surface area contributed by atoms with Crippen LogP contribution in [0.2, 0.25) is 0 Å². The predicted molar refractivity (Wildman–Crippen MR) is 121 cm³/mol. The highest BCUT2D eigenvalue weighted by Gasteiger charge is 2.19. The van der Waals surface area contributed by atoms with Gasteiger partial charge in [-0.15, -0.1) is 0 Å². The minimum absolute atomic E-state index is 0.356. The van der Waals surface area contributed by atoms with Gasteiger partial charge in [0.15, 0.2) is 6.29 Å². The standard InChI is InChI=1S/C19H16BrF2NO2S.C2H7N/c1-26-23(8-2-7-21)17-10-18-14(9-16(17)20)15(11-24)19(25-18)12-3-5-13(22)6-4-12;1-3-2/h3-6,9-11H,2,7-8H2,1H3;3H,1-2H3. The second kappa shape index (κ2) is 11.3. The first-order valence-electron chi connectivity index (χ1n) is 8.93. The Morgan fingerprint density at radius 1 is 1.24 bits per heavy atom. The number of fused-ring (bicyclic) bond motifs is 1. The van der Waals surface area contributed by atoms with E-state index >= 15 is 0 Å². The van der Waals surface area contributed by atoms with Crippen LogP contribution < -0.4 is 9.62 Å². The number of furan rings is 1. The number of benzene rings is 2. The van der Waals surface area contributed by atoms with Gasteiger partial charge >= 0.3 is 0 Å². The summed E-state index contributed by atoms with van der Waals surface area (Å²) >= 11 is 5.02. The van der Waals surface area contributed by atoms with E-state index in [0.717, 1.165) is 16.4 Å². The lowest BCUT2D eigenvalue weighted by Crippen LogP contribution is -2.16. The van der Waals surface area contributed by atoms with E-state index in [1.807, 2.05) is 36.8 Å². The van der Waals surface area contributed by atoms with E-state index in [-0.39, 0.29) is 12.5 Å². The third-order valence-corrected chi connectivity index (χ3v) is 5.46. The van der Waals surface area contributed by atoms with Gasteiger partial charge in [0.25, 0.3) is 0 Å². The number of alkyl halides is 1. The summed E-state index contributed by atoms with van der Waals surface area (Å²) in [6.07, 6.45) is 3.08. The van der Waals surface area contributed by atoms with Gasteiger partial charge in [-0.25, -0.2) is 4.39 Å². The van der Waals surface area contributed by atoms with Crippen LogP contribution in [0.1, 0.15) is 16.8 Å². The Morgan fingerprint density at radius 2 is 1.90 bits per heavy atom. The first kappa shape index (κ1) is 23.4. The normalized spacial score (nSPS) is 10.6. The Labute approximate surface area is 181 Å². The molecule has 0 radical (unpaired) electrons. The van der Waals surface area contributed by atoms with E-state index in [0.29, 0.717) is 40.8 Å². The molecule has 1 aromatic heterocycles. The fourth-order valence-electron chi connectivity index (χ4n) is 2.76. The van der Waals surface area contributed by atoms with Crippen LogP contribution >= 0.6 is 27.9 Å². The molecule has 2 aromatic carbocycles. The highest BCUT2D eigenvalue weighted by molar-refractivity contribution is 9.10. The summed E-state index contributed by atoms with van der Waals surface area (Å²) < 4.78 is 34.4. The first-order valence-corrected chi connectivity index (χ1v) is 10.9. The van der Waals surface area contributed by atoms with E-state index in [4.69, 9.17) is 4.42 Å². The van der Waals surface area contributed by atoms with Crippen LogP contribution in [0.25, 0.3) is 22.3 Å². The maximum absolute atomic E-state index is 13.2. The Bertz CT molecular complexity index is 948. The van der Waals surface area contributed by atoms with Crippen LogP contribution in [-0.2, 0) is 0 Å². The Morgan fingerprint density at radius 3 is 2.45 bits per heavy atom. The highest BCUT2D eigenvalue weighted by atomic mass is 79.9. The number of aldehydes is 1. The molecule has 0 aliphatic heterocycles. The van der Waals surface area contributed by atoms with E-state index in [2.05, 4.69) is 21.2 Å². The zero-order valence-corrected chi connectivity index (χ0v) is 18.9. The molecule has 0 aliphatic carbocycles. The molecular weight excluding hydrogens is 462 g/mol. The molecule has 0 bridgehead atoms. The molecule has 0 aliphatic rings.